The number of amides is 2. The van der Waals surface area contributed by atoms with Crippen LogP contribution in [-0.4, -0.2) is 81.0 Å². The van der Waals surface area contributed by atoms with Gasteiger partial charge < -0.3 is 24.1 Å². The van der Waals surface area contributed by atoms with E-state index >= 15 is 0 Å². The molecule has 0 aromatic carbocycles. The molecule has 1 rings (SSSR count). The fourth-order valence-electron chi connectivity index (χ4n) is 1.55. The molecule has 10 nitrogen and oxygen atoms in total. The normalized spacial score (nSPS) is 14.4. The van der Waals surface area contributed by atoms with Crippen LogP contribution in [0.3, 0.4) is 0 Å². The Morgan fingerprint density at radius 1 is 0.870 bits per heavy atom. The molecule has 1 aliphatic rings. The molecule has 132 valence electrons. The van der Waals surface area contributed by atoms with E-state index in [4.69, 9.17) is 19.3 Å². The third kappa shape index (κ3) is 8.45. The first-order valence-electron chi connectivity index (χ1n) is 7.19. The van der Waals surface area contributed by atoms with Crippen molar-refractivity contribution in [1.29, 1.82) is 0 Å². The smallest absolute Gasteiger partial charge is 0.430 e. The monoisotopic (exact) mass is 335 g/mol. The lowest BCUT2D eigenvalue weighted by Crippen LogP contribution is -2.32. The van der Waals surface area contributed by atoms with Gasteiger partial charge in [-0.2, -0.15) is 0 Å². The van der Waals surface area contributed by atoms with Gasteiger partial charge in [-0.25, -0.2) is 4.79 Å². The molecule has 1 saturated heterocycles. The maximum Gasteiger partial charge on any atom is 0.534 e. The summed E-state index contributed by atoms with van der Waals surface area (Å²) in [6.45, 7) is 1.75. The first-order chi connectivity index (χ1) is 11.1. The summed E-state index contributed by atoms with van der Waals surface area (Å²) in [5.74, 6) is -1.13. The van der Waals surface area contributed by atoms with Crippen molar-refractivity contribution < 1.29 is 43.3 Å². The minimum absolute atomic E-state index is 0.0222. The highest BCUT2D eigenvalue weighted by Crippen LogP contribution is 2.12. The summed E-state index contributed by atoms with van der Waals surface area (Å²) >= 11 is 0. The molecule has 0 unspecified atom stereocenters. The van der Waals surface area contributed by atoms with Crippen molar-refractivity contribution in [2.24, 2.45) is 0 Å². The largest absolute Gasteiger partial charge is 0.534 e. The highest BCUT2D eigenvalue weighted by molar-refractivity contribution is 6.01. The molecule has 0 spiro atoms. The molecule has 1 N–H and O–H groups in total. The Kier molecular flexibility index (Phi) is 9.87. The van der Waals surface area contributed by atoms with E-state index in [-0.39, 0.29) is 39.3 Å². The van der Waals surface area contributed by atoms with Crippen LogP contribution >= 0.6 is 0 Å². The van der Waals surface area contributed by atoms with Gasteiger partial charge >= 0.3 is 6.16 Å². The number of rotatable bonds is 12. The standard InChI is InChI=1S/C13H21NO9/c15-3-4-19-5-6-20-7-8-21-9-10-22-13(18)23-14-11(16)1-2-12(14)17/h15H,1-10H2. The van der Waals surface area contributed by atoms with E-state index in [9.17, 15) is 14.4 Å². The summed E-state index contributed by atoms with van der Waals surface area (Å²) in [4.78, 5) is 38.1. The van der Waals surface area contributed by atoms with Crippen LogP contribution in [0.4, 0.5) is 4.79 Å². The van der Waals surface area contributed by atoms with Gasteiger partial charge in [-0.15, -0.1) is 0 Å². The van der Waals surface area contributed by atoms with Crippen molar-refractivity contribution in [3.8, 4) is 0 Å². The van der Waals surface area contributed by atoms with Gasteiger partial charge in [0.05, 0.1) is 46.2 Å². The van der Waals surface area contributed by atoms with Gasteiger partial charge in [0.1, 0.15) is 6.61 Å². The molecule has 0 saturated carbocycles. The van der Waals surface area contributed by atoms with Crippen molar-refractivity contribution >= 4 is 18.0 Å². The van der Waals surface area contributed by atoms with E-state index < -0.39 is 18.0 Å². The minimum atomic E-state index is -1.13. The summed E-state index contributed by atoms with van der Waals surface area (Å²) in [7, 11) is 0. The maximum atomic E-state index is 11.2. The van der Waals surface area contributed by atoms with Crippen LogP contribution in [-0.2, 0) is 33.4 Å². The lowest BCUT2D eigenvalue weighted by atomic mass is 10.4. The number of hydrogen-bond donors (Lipinski definition) is 1. The zero-order valence-corrected chi connectivity index (χ0v) is 12.7. The molecule has 23 heavy (non-hydrogen) atoms. The van der Waals surface area contributed by atoms with Gasteiger partial charge in [-0.1, -0.05) is 5.06 Å². The van der Waals surface area contributed by atoms with E-state index in [1.54, 1.807) is 0 Å². The Morgan fingerprint density at radius 3 is 1.87 bits per heavy atom. The average molecular weight is 335 g/mol. The molecule has 0 radical (unpaired) electrons. The lowest BCUT2D eigenvalue weighted by molar-refractivity contribution is -0.177. The molecule has 10 heteroatoms. The number of carbonyl (C=O) groups excluding carboxylic acids is 3. The van der Waals surface area contributed by atoms with E-state index in [2.05, 4.69) is 9.57 Å². The van der Waals surface area contributed by atoms with Crippen molar-refractivity contribution in [3.05, 3.63) is 0 Å². The van der Waals surface area contributed by atoms with E-state index in [0.29, 0.717) is 31.5 Å². The first-order valence-corrected chi connectivity index (χ1v) is 7.19. The number of aliphatic hydroxyl groups is 1. The second kappa shape index (κ2) is 11.8. The zero-order valence-electron chi connectivity index (χ0n) is 12.7. The van der Waals surface area contributed by atoms with Crippen molar-refractivity contribution in [2.75, 3.05) is 52.9 Å². The maximum absolute atomic E-state index is 11.2. The summed E-state index contributed by atoms with van der Waals surface area (Å²) in [6.07, 6.45) is -1.07. The Balaban J connectivity index is 1.90. The SMILES string of the molecule is O=C(OCCOCCOCCOCCO)ON1C(=O)CCC1=O. The highest BCUT2D eigenvalue weighted by atomic mass is 16.8. The highest BCUT2D eigenvalue weighted by Gasteiger charge is 2.33. The van der Waals surface area contributed by atoms with Gasteiger partial charge in [-0.05, 0) is 0 Å². The Labute approximate surface area is 133 Å². The van der Waals surface area contributed by atoms with E-state index in [1.165, 1.54) is 0 Å². The van der Waals surface area contributed by atoms with Crippen LogP contribution in [0.15, 0.2) is 0 Å². The topological polar surface area (TPSA) is 121 Å². The van der Waals surface area contributed by atoms with Gasteiger partial charge in [0.15, 0.2) is 0 Å². The fourth-order valence-corrected chi connectivity index (χ4v) is 1.55. The third-order valence-corrected chi connectivity index (χ3v) is 2.60. The van der Waals surface area contributed by atoms with Crippen LogP contribution in [0.5, 0.6) is 0 Å². The van der Waals surface area contributed by atoms with Crippen LogP contribution in [0.25, 0.3) is 0 Å². The summed E-state index contributed by atoms with van der Waals surface area (Å²) in [5.41, 5.74) is 0. The molecule has 0 bridgehead atoms. The molecular formula is C13H21NO9. The van der Waals surface area contributed by atoms with Crippen molar-refractivity contribution in [1.82, 2.24) is 5.06 Å². The summed E-state index contributed by atoms with van der Waals surface area (Å²) < 4.78 is 20.0. The van der Waals surface area contributed by atoms with E-state index in [1.807, 2.05) is 0 Å². The first kappa shape index (κ1) is 19.3. The molecule has 1 aliphatic heterocycles. The van der Waals surface area contributed by atoms with Crippen LogP contribution in [0.2, 0.25) is 0 Å². The number of aliphatic hydroxyl groups excluding tert-OH is 1. The zero-order chi connectivity index (χ0) is 16.9. The molecular weight excluding hydrogens is 314 g/mol. The number of hydroxylamine groups is 2. The number of carbonyl (C=O) groups is 3. The molecule has 0 aromatic heterocycles. The Bertz CT molecular complexity index is 372. The predicted octanol–water partition coefficient (Wildman–Crippen LogP) is -0.754. The second-order valence-electron chi connectivity index (χ2n) is 4.33. The molecule has 0 aromatic rings. The van der Waals surface area contributed by atoms with Gasteiger partial charge in [0, 0.05) is 12.8 Å². The van der Waals surface area contributed by atoms with Crippen LogP contribution in [0, 0.1) is 0 Å². The Morgan fingerprint density at radius 2 is 1.35 bits per heavy atom. The quantitative estimate of drug-likeness (QED) is 0.279. The predicted molar refractivity (Wildman–Crippen MR) is 73.1 cm³/mol. The van der Waals surface area contributed by atoms with E-state index in [0.717, 1.165) is 0 Å². The van der Waals surface area contributed by atoms with Crippen molar-refractivity contribution in [2.45, 2.75) is 12.8 Å². The lowest BCUT2D eigenvalue weighted by Gasteiger charge is -2.12. The van der Waals surface area contributed by atoms with Crippen LogP contribution < -0.4 is 0 Å². The average Bonchev–Trinajstić information content (AvgIpc) is 2.84. The number of imide groups is 1. The summed E-state index contributed by atoms with van der Waals surface area (Å²) in [5, 5.41) is 8.88. The minimum Gasteiger partial charge on any atom is -0.430 e. The molecule has 2 amide bonds. The van der Waals surface area contributed by atoms with Gasteiger partial charge in [0.2, 0.25) is 0 Å². The number of nitrogens with zero attached hydrogens (tertiary/aromatic N) is 1. The molecule has 1 heterocycles. The molecule has 0 aliphatic carbocycles. The third-order valence-electron chi connectivity index (χ3n) is 2.60. The Hall–Kier alpha value is -1.75. The molecule has 0 atom stereocenters. The van der Waals surface area contributed by atoms with Gasteiger partial charge in [0.25, 0.3) is 11.8 Å². The van der Waals surface area contributed by atoms with Gasteiger partial charge in [-0.3, -0.25) is 14.4 Å². The number of hydrogen-bond acceptors (Lipinski definition) is 9. The fraction of sp³-hybridized carbons (Fsp3) is 0.769. The summed E-state index contributed by atoms with van der Waals surface area (Å²) in [6, 6.07) is 0. The number of ether oxygens (including phenoxy) is 4. The molecule has 1 fully saturated rings. The van der Waals surface area contributed by atoms with Crippen molar-refractivity contribution in [3.63, 3.8) is 0 Å². The second-order valence-corrected chi connectivity index (χ2v) is 4.33. The van der Waals surface area contributed by atoms with Crippen LogP contribution in [0.1, 0.15) is 12.8 Å².